The van der Waals surface area contributed by atoms with Gasteiger partial charge in [0.2, 0.25) is 5.91 Å². The number of ether oxygens (including phenoxy) is 1. The van der Waals surface area contributed by atoms with Crippen molar-refractivity contribution in [1.82, 2.24) is 14.7 Å². The Kier molecular flexibility index (Phi) is 4.72. The molecule has 1 aromatic heterocycles. The van der Waals surface area contributed by atoms with Gasteiger partial charge < -0.3 is 20.7 Å². The number of nitrogens with zero attached hydrogens (tertiary/aromatic N) is 3. The summed E-state index contributed by atoms with van der Waals surface area (Å²) >= 11 is 0. The highest BCUT2D eigenvalue weighted by molar-refractivity contribution is 5.85. The predicted octanol–water partition coefficient (Wildman–Crippen LogP) is 0.785. The summed E-state index contributed by atoms with van der Waals surface area (Å²) in [5.41, 5.74) is 7.61. The molecular formula is C14H25N5O2. The van der Waals surface area contributed by atoms with Gasteiger partial charge in [-0.2, -0.15) is 5.10 Å². The maximum absolute atomic E-state index is 12.4. The molecule has 118 valence electrons. The van der Waals surface area contributed by atoms with Gasteiger partial charge in [-0.05, 0) is 12.8 Å². The van der Waals surface area contributed by atoms with Crippen LogP contribution >= 0.6 is 0 Å². The second kappa shape index (κ2) is 6.34. The summed E-state index contributed by atoms with van der Waals surface area (Å²) in [5, 5.41) is 7.61. The monoisotopic (exact) mass is 295 g/mol. The number of hydrogen-bond acceptors (Lipinski definition) is 5. The van der Waals surface area contributed by atoms with E-state index in [1.165, 1.54) is 0 Å². The Bertz CT molecular complexity index is 506. The van der Waals surface area contributed by atoms with E-state index in [1.54, 1.807) is 4.68 Å². The number of anilines is 2. The van der Waals surface area contributed by atoms with Gasteiger partial charge in [-0.25, -0.2) is 0 Å². The van der Waals surface area contributed by atoms with Gasteiger partial charge in [0, 0.05) is 20.1 Å². The van der Waals surface area contributed by atoms with Crippen LogP contribution in [0.3, 0.4) is 0 Å². The Hall–Kier alpha value is -1.76. The van der Waals surface area contributed by atoms with E-state index in [0.29, 0.717) is 37.8 Å². The first-order chi connectivity index (χ1) is 9.91. The molecule has 0 saturated carbocycles. The Morgan fingerprint density at radius 3 is 2.48 bits per heavy atom. The quantitative estimate of drug-likeness (QED) is 0.857. The SMILES string of the molecule is CC(Nc1c(N)c(C(C)C)nn1C)C(=O)N1CCOCC1. The maximum Gasteiger partial charge on any atom is 0.244 e. The van der Waals surface area contributed by atoms with E-state index in [0.717, 1.165) is 5.69 Å². The molecule has 21 heavy (non-hydrogen) atoms. The molecule has 0 bridgehead atoms. The van der Waals surface area contributed by atoms with Crippen LogP contribution in [-0.2, 0) is 16.6 Å². The number of aromatic nitrogens is 2. The van der Waals surface area contributed by atoms with Crippen molar-refractivity contribution in [3.8, 4) is 0 Å². The second-order valence-electron chi connectivity index (χ2n) is 5.73. The maximum atomic E-state index is 12.4. The lowest BCUT2D eigenvalue weighted by molar-refractivity contribution is -0.135. The third kappa shape index (κ3) is 3.29. The molecule has 1 fully saturated rings. The first-order valence-corrected chi connectivity index (χ1v) is 7.37. The number of rotatable bonds is 4. The largest absolute Gasteiger partial charge is 0.394 e. The van der Waals surface area contributed by atoms with Crippen LogP contribution in [0, 0.1) is 0 Å². The van der Waals surface area contributed by atoms with Crippen LogP contribution in [0.15, 0.2) is 0 Å². The minimum atomic E-state index is -0.346. The van der Waals surface area contributed by atoms with Crippen molar-refractivity contribution in [2.45, 2.75) is 32.7 Å². The van der Waals surface area contributed by atoms with Crippen LogP contribution in [0.25, 0.3) is 0 Å². The normalized spacial score (nSPS) is 17.1. The topological polar surface area (TPSA) is 85.4 Å². The minimum absolute atomic E-state index is 0.0602. The summed E-state index contributed by atoms with van der Waals surface area (Å²) in [7, 11) is 1.83. The Morgan fingerprint density at radius 2 is 1.95 bits per heavy atom. The van der Waals surface area contributed by atoms with Crippen molar-refractivity contribution in [3.05, 3.63) is 5.69 Å². The Labute approximate surface area is 125 Å². The van der Waals surface area contributed by atoms with Crippen LogP contribution in [0.5, 0.6) is 0 Å². The fraction of sp³-hybridized carbons (Fsp3) is 0.714. The lowest BCUT2D eigenvalue weighted by atomic mass is 10.1. The van der Waals surface area contributed by atoms with Gasteiger partial charge in [0.15, 0.2) is 0 Å². The van der Waals surface area contributed by atoms with E-state index in [2.05, 4.69) is 10.4 Å². The number of carbonyl (C=O) groups excluding carboxylic acids is 1. The summed E-state index contributed by atoms with van der Waals surface area (Å²) in [6.45, 7) is 8.43. The lowest BCUT2D eigenvalue weighted by Gasteiger charge is -2.29. The molecule has 0 aromatic carbocycles. The minimum Gasteiger partial charge on any atom is -0.394 e. The standard InChI is InChI=1S/C14H25N5O2/c1-9(2)12-11(15)13(18(4)17-12)16-10(3)14(20)19-5-7-21-8-6-19/h9-10,16H,5-8,15H2,1-4H3. The van der Waals surface area contributed by atoms with Crippen molar-refractivity contribution in [3.63, 3.8) is 0 Å². The van der Waals surface area contributed by atoms with Gasteiger partial charge >= 0.3 is 0 Å². The van der Waals surface area contributed by atoms with Crippen LogP contribution in [0.1, 0.15) is 32.4 Å². The highest BCUT2D eigenvalue weighted by Crippen LogP contribution is 2.28. The Balaban J connectivity index is 2.08. The molecule has 0 aliphatic carbocycles. The van der Waals surface area contributed by atoms with Gasteiger partial charge in [-0.15, -0.1) is 0 Å². The van der Waals surface area contributed by atoms with E-state index in [9.17, 15) is 4.79 Å². The average molecular weight is 295 g/mol. The number of nitrogens with two attached hydrogens (primary N) is 1. The highest BCUT2D eigenvalue weighted by atomic mass is 16.5. The summed E-state index contributed by atoms with van der Waals surface area (Å²) in [6.07, 6.45) is 0. The number of aryl methyl sites for hydroxylation is 1. The summed E-state index contributed by atoms with van der Waals surface area (Å²) in [6, 6.07) is -0.346. The molecule has 2 rings (SSSR count). The molecule has 1 aliphatic heterocycles. The number of nitrogen functional groups attached to an aromatic ring is 1. The van der Waals surface area contributed by atoms with Gasteiger partial charge in [-0.3, -0.25) is 9.48 Å². The molecule has 1 aliphatic rings. The zero-order chi connectivity index (χ0) is 15.6. The van der Waals surface area contributed by atoms with E-state index < -0.39 is 0 Å². The van der Waals surface area contributed by atoms with Crippen molar-refractivity contribution < 1.29 is 9.53 Å². The molecule has 1 aromatic rings. The van der Waals surface area contributed by atoms with Crippen molar-refractivity contribution in [1.29, 1.82) is 0 Å². The molecule has 0 spiro atoms. The smallest absolute Gasteiger partial charge is 0.244 e. The van der Waals surface area contributed by atoms with Crippen LogP contribution in [0.4, 0.5) is 11.5 Å². The number of carbonyl (C=O) groups is 1. The zero-order valence-corrected chi connectivity index (χ0v) is 13.2. The van der Waals surface area contributed by atoms with Crippen LogP contribution in [-0.4, -0.2) is 52.9 Å². The molecule has 1 saturated heterocycles. The third-order valence-corrected chi connectivity index (χ3v) is 3.71. The summed E-state index contributed by atoms with van der Waals surface area (Å²) in [4.78, 5) is 14.2. The fourth-order valence-electron chi connectivity index (χ4n) is 2.48. The summed E-state index contributed by atoms with van der Waals surface area (Å²) < 4.78 is 6.97. The van der Waals surface area contributed by atoms with Gasteiger partial charge in [0.05, 0.1) is 24.6 Å². The molecule has 7 nitrogen and oxygen atoms in total. The zero-order valence-electron chi connectivity index (χ0n) is 13.2. The number of nitrogens with one attached hydrogen (secondary N) is 1. The average Bonchev–Trinajstić information content (AvgIpc) is 2.75. The van der Waals surface area contributed by atoms with Crippen LogP contribution in [0.2, 0.25) is 0 Å². The van der Waals surface area contributed by atoms with E-state index in [-0.39, 0.29) is 17.9 Å². The first kappa shape index (κ1) is 15.6. The van der Waals surface area contributed by atoms with Gasteiger partial charge in [-0.1, -0.05) is 13.8 Å². The number of morpholine rings is 1. The summed E-state index contributed by atoms with van der Waals surface area (Å²) in [5.74, 6) is 1.01. The van der Waals surface area contributed by atoms with Gasteiger partial charge in [0.1, 0.15) is 11.9 Å². The van der Waals surface area contributed by atoms with E-state index in [4.69, 9.17) is 10.5 Å². The third-order valence-electron chi connectivity index (χ3n) is 3.71. The lowest BCUT2D eigenvalue weighted by Crippen LogP contribution is -2.47. The molecule has 1 atom stereocenters. The Morgan fingerprint density at radius 1 is 1.33 bits per heavy atom. The fourth-order valence-corrected chi connectivity index (χ4v) is 2.48. The molecule has 0 radical (unpaired) electrons. The highest BCUT2D eigenvalue weighted by Gasteiger charge is 2.25. The molecule has 3 N–H and O–H groups in total. The molecule has 1 unspecified atom stereocenters. The first-order valence-electron chi connectivity index (χ1n) is 7.37. The van der Waals surface area contributed by atoms with E-state index in [1.807, 2.05) is 32.7 Å². The number of hydrogen-bond donors (Lipinski definition) is 2. The van der Waals surface area contributed by atoms with E-state index >= 15 is 0 Å². The van der Waals surface area contributed by atoms with Gasteiger partial charge in [0.25, 0.3) is 0 Å². The number of amides is 1. The van der Waals surface area contributed by atoms with Crippen LogP contribution < -0.4 is 11.1 Å². The van der Waals surface area contributed by atoms with Crippen molar-refractivity contribution >= 4 is 17.4 Å². The van der Waals surface area contributed by atoms with Crippen molar-refractivity contribution in [2.24, 2.45) is 7.05 Å². The predicted molar refractivity (Wildman–Crippen MR) is 82.2 cm³/mol. The molecular weight excluding hydrogens is 270 g/mol. The van der Waals surface area contributed by atoms with Crippen molar-refractivity contribution in [2.75, 3.05) is 37.4 Å². The second-order valence-corrected chi connectivity index (χ2v) is 5.73. The molecule has 1 amide bonds. The molecule has 2 heterocycles. The molecule has 7 heteroatoms.